The maximum atomic E-state index is 12.5. The van der Waals surface area contributed by atoms with Crippen LogP contribution in [0.4, 0.5) is 0 Å². The lowest BCUT2D eigenvalue weighted by Gasteiger charge is -2.15. The zero-order chi connectivity index (χ0) is 22.4. The topological polar surface area (TPSA) is 75.3 Å². The molecular weight excluding hydrogens is 398 g/mol. The van der Waals surface area contributed by atoms with Crippen LogP contribution >= 0.6 is 0 Å². The lowest BCUT2D eigenvalue weighted by molar-refractivity contribution is -0.121. The normalized spacial score (nSPS) is 14.4. The minimum atomic E-state index is -0.0500. The van der Waals surface area contributed by atoms with Crippen molar-refractivity contribution in [3.8, 4) is 28.7 Å². The van der Waals surface area contributed by atoms with Gasteiger partial charge in [-0.2, -0.15) is 0 Å². The molecule has 0 fully saturated rings. The van der Waals surface area contributed by atoms with E-state index >= 15 is 0 Å². The summed E-state index contributed by atoms with van der Waals surface area (Å²) in [7, 11) is 4.71. The first-order valence-corrected chi connectivity index (χ1v) is 10.5. The van der Waals surface area contributed by atoms with Crippen molar-refractivity contribution in [3.63, 3.8) is 0 Å². The smallest absolute Gasteiger partial charge is 0.220 e. The van der Waals surface area contributed by atoms with E-state index in [1.807, 2.05) is 38.1 Å². The summed E-state index contributed by atoms with van der Waals surface area (Å²) in [6, 6.07) is 7.73. The van der Waals surface area contributed by atoms with E-state index in [2.05, 4.69) is 5.32 Å². The first-order valence-electron chi connectivity index (χ1n) is 10.5. The number of fused-ring (bicyclic) bond motifs is 1. The summed E-state index contributed by atoms with van der Waals surface area (Å²) < 4.78 is 27.7. The van der Waals surface area contributed by atoms with Crippen LogP contribution in [0.5, 0.6) is 28.7 Å². The third kappa shape index (κ3) is 5.34. The fraction of sp³-hybridized carbons (Fsp3) is 0.458. The van der Waals surface area contributed by atoms with E-state index < -0.39 is 0 Å². The van der Waals surface area contributed by atoms with Crippen LogP contribution in [-0.4, -0.2) is 39.9 Å². The van der Waals surface area contributed by atoms with Crippen molar-refractivity contribution >= 4 is 5.91 Å². The van der Waals surface area contributed by atoms with E-state index in [0.717, 1.165) is 34.6 Å². The lowest BCUT2D eigenvalue weighted by atomic mass is 10.1. The highest BCUT2D eigenvalue weighted by Crippen LogP contribution is 2.38. The van der Waals surface area contributed by atoms with Crippen LogP contribution in [0.25, 0.3) is 0 Å². The van der Waals surface area contributed by atoms with Crippen LogP contribution in [-0.2, 0) is 24.2 Å². The molecular formula is C24H31NO6. The Morgan fingerprint density at radius 3 is 2.39 bits per heavy atom. The second-order valence-electron chi connectivity index (χ2n) is 7.44. The van der Waals surface area contributed by atoms with Gasteiger partial charge in [0.1, 0.15) is 17.6 Å². The van der Waals surface area contributed by atoms with E-state index in [1.54, 1.807) is 21.3 Å². The number of benzene rings is 2. The summed E-state index contributed by atoms with van der Waals surface area (Å²) in [5.41, 5.74) is 2.99. The Labute approximate surface area is 183 Å². The lowest BCUT2D eigenvalue weighted by Crippen LogP contribution is -2.23. The Hall–Kier alpha value is -3.09. The van der Waals surface area contributed by atoms with Crippen molar-refractivity contribution in [2.75, 3.05) is 27.9 Å². The van der Waals surface area contributed by atoms with E-state index in [4.69, 9.17) is 23.7 Å². The molecule has 0 unspecified atom stereocenters. The van der Waals surface area contributed by atoms with Crippen molar-refractivity contribution < 1.29 is 28.5 Å². The van der Waals surface area contributed by atoms with Crippen molar-refractivity contribution in [2.45, 2.75) is 45.8 Å². The van der Waals surface area contributed by atoms with Gasteiger partial charge in [0.25, 0.3) is 0 Å². The second kappa shape index (κ2) is 10.3. The first kappa shape index (κ1) is 22.6. The van der Waals surface area contributed by atoms with Crippen LogP contribution in [0.1, 0.15) is 37.0 Å². The number of hydrogen-bond acceptors (Lipinski definition) is 6. The zero-order valence-corrected chi connectivity index (χ0v) is 18.9. The van der Waals surface area contributed by atoms with Crippen LogP contribution in [0.3, 0.4) is 0 Å². The van der Waals surface area contributed by atoms with Crippen molar-refractivity contribution in [3.05, 3.63) is 41.0 Å². The highest BCUT2D eigenvalue weighted by Gasteiger charge is 2.22. The highest BCUT2D eigenvalue weighted by molar-refractivity contribution is 5.76. The Kier molecular flexibility index (Phi) is 7.50. The number of carbonyl (C=O) groups is 1. The molecule has 0 saturated heterocycles. The molecule has 1 amide bonds. The maximum absolute atomic E-state index is 12.5. The molecule has 0 aromatic heterocycles. The molecule has 168 valence electrons. The van der Waals surface area contributed by atoms with Gasteiger partial charge in [-0.1, -0.05) is 0 Å². The number of methoxy groups -OCH3 is 3. The predicted octanol–water partition coefficient (Wildman–Crippen LogP) is 3.68. The Morgan fingerprint density at radius 2 is 1.77 bits per heavy atom. The molecule has 0 spiro atoms. The van der Waals surface area contributed by atoms with Crippen LogP contribution in [0.2, 0.25) is 0 Å². The van der Waals surface area contributed by atoms with Gasteiger partial charge in [-0.3, -0.25) is 4.79 Å². The Bertz CT molecular complexity index is 902. The Balaban J connectivity index is 1.63. The minimum Gasteiger partial charge on any atom is -0.494 e. The third-order valence-electron chi connectivity index (χ3n) is 5.22. The monoisotopic (exact) mass is 429 g/mol. The van der Waals surface area contributed by atoms with Crippen molar-refractivity contribution in [2.24, 2.45) is 0 Å². The molecule has 1 N–H and O–H groups in total. The molecule has 3 rings (SSSR count). The molecule has 1 atom stereocenters. The van der Waals surface area contributed by atoms with Crippen molar-refractivity contribution in [1.82, 2.24) is 5.32 Å². The van der Waals surface area contributed by atoms with E-state index in [-0.39, 0.29) is 12.0 Å². The number of aryl methyl sites for hydroxylation is 1. The second-order valence-corrected chi connectivity index (χ2v) is 7.44. The van der Waals surface area contributed by atoms with E-state index in [0.29, 0.717) is 43.2 Å². The van der Waals surface area contributed by atoms with Crippen LogP contribution in [0.15, 0.2) is 24.3 Å². The van der Waals surface area contributed by atoms with Gasteiger partial charge in [-0.05, 0) is 50.1 Å². The maximum Gasteiger partial charge on any atom is 0.220 e. The number of nitrogens with one attached hydrogen (secondary N) is 1. The molecule has 2 aromatic rings. The SMILES string of the molecule is CCOc1cc2c(cc1CNC(=O)CCc1cc(OC)c(OC)c(OC)c1)O[C@@H](C)C2. The summed E-state index contributed by atoms with van der Waals surface area (Å²) >= 11 is 0. The minimum absolute atomic E-state index is 0.0500. The molecule has 1 aliphatic heterocycles. The fourth-order valence-corrected chi connectivity index (χ4v) is 3.73. The average molecular weight is 430 g/mol. The number of amides is 1. The fourth-order valence-electron chi connectivity index (χ4n) is 3.73. The predicted molar refractivity (Wildman–Crippen MR) is 118 cm³/mol. The summed E-state index contributed by atoms with van der Waals surface area (Å²) in [5, 5.41) is 2.99. The van der Waals surface area contributed by atoms with Crippen LogP contribution < -0.4 is 29.0 Å². The van der Waals surface area contributed by atoms with Crippen LogP contribution in [0, 0.1) is 0 Å². The quantitative estimate of drug-likeness (QED) is 0.621. The molecule has 31 heavy (non-hydrogen) atoms. The molecule has 1 aliphatic rings. The zero-order valence-electron chi connectivity index (χ0n) is 18.9. The standard InChI is InChI=1S/C24H31NO6/c1-6-30-19-12-17-9-15(2)31-20(17)13-18(19)14-25-23(26)8-7-16-10-21(27-3)24(29-5)22(11-16)28-4/h10-13,15H,6-9,14H2,1-5H3,(H,25,26)/t15-/m0/s1. The summed E-state index contributed by atoms with van der Waals surface area (Å²) in [6.45, 7) is 4.95. The molecule has 0 saturated carbocycles. The third-order valence-corrected chi connectivity index (χ3v) is 5.22. The average Bonchev–Trinajstić information content (AvgIpc) is 3.14. The summed E-state index contributed by atoms with van der Waals surface area (Å²) in [4.78, 5) is 12.5. The van der Waals surface area contributed by atoms with Gasteiger partial charge in [-0.25, -0.2) is 0 Å². The number of ether oxygens (including phenoxy) is 5. The molecule has 0 aliphatic carbocycles. The van der Waals surface area contributed by atoms with Crippen molar-refractivity contribution in [1.29, 1.82) is 0 Å². The van der Waals surface area contributed by atoms with Gasteiger partial charge in [0.15, 0.2) is 11.5 Å². The molecule has 0 bridgehead atoms. The van der Waals surface area contributed by atoms with Gasteiger partial charge in [-0.15, -0.1) is 0 Å². The Morgan fingerprint density at radius 1 is 1.06 bits per heavy atom. The van der Waals surface area contributed by atoms with E-state index in [1.165, 1.54) is 0 Å². The molecule has 7 heteroatoms. The number of rotatable bonds is 10. The largest absolute Gasteiger partial charge is 0.494 e. The van der Waals surface area contributed by atoms with Gasteiger partial charge in [0.2, 0.25) is 11.7 Å². The number of hydrogen-bond donors (Lipinski definition) is 1. The highest BCUT2D eigenvalue weighted by atomic mass is 16.5. The van der Waals surface area contributed by atoms with Gasteiger partial charge >= 0.3 is 0 Å². The van der Waals surface area contributed by atoms with Gasteiger partial charge in [0, 0.05) is 30.5 Å². The number of carbonyl (C=O) groups excluding carboxylic acids is 1. The molecule has 7 nitrogen and oxygen atoms in total. The van der Waals surface area contributed by atoms with Gasteiger partial charge in [0.05, 0.1) is 27.9 Å². The molecule has 2 aromatic carbocycles. The van der Waals surface area contributed by atoms with E-state index in [9.17, 15) is 4.79 Å². The first-order chi connectivity index (χ1) is 15.0. The summed E-state index contributed by atoms with van der Waals surface area (Å²) in [5.74, 6) is 3.30. The molecule has 0 radical (unpaired) electrons. The van der Waals surface area contributed by atoms with Gasteiger partial charge < -0.3 is 29.0 Å². The summed E-state index contributed by atoms with van der Waals surface area (Å²) in [6.07, 6.45) is 1.91. The molecule has 1 heterocycles.